The number of benzene rings is 1. The van der Waals surface area contributed by atoms with Crippen LogP contribution in [0.5, 0.6) is 5.75 Å². The van der Waals surface area contributed by atoms with Crippen LogP contribution in [-0.4, -0.2) is 37.7 Å². The van der Waals surface area contributed by atoms with Gasteiger partial charge in [-0.1, -0.05) is 6.07 Å². The normalized spacial score (nSPS) is 14.7. The highest BCUT2D eigenvalue weighted by molar-refractivity contribution is 5.40. The van der Waals surface area contributed by atoms with Crippen LogP contribution in [0.15, 0.2) is 12.1 Å². The molecule has 0 spiro atoms. The standard InChI is InChI=1S/C15H26N2O/c1-11-7-13(3)14(8-12(11)2)18-10-15(4,9-16)17(5)6/h7-8H,9-10,16H2,1-6H3. The monoisotopic (exact) mass is 250 g/mol. The van der Waals surface area contributed by atoms with E-state index in [2.05, 4.69) is 44.7 Å². The van der Waals surface area contributed by atoms with Crippen molar-refractivity contribution in [3.63, 3.8) is 0 Å². The summed E-state index contributed by atoms with van der Waals surface area (Å²) in [6.07, 6.45) is 0. The van der Waals surface area contributed by atoms with Gasteiger partial charge < -0.3 is 10.5 Å². The van der Waals surface area contributed by atoms with E-state index in [1.165, 1.54) is 16.7 Å². The minimum atomic E-state index is -0.134. The zero-order valence-electron chi connectivity index (χ0n) is 12.5. The molecule has 1 aromatic carbocycles. The number of rotatable bonds is 5. The van der Waals surface area contributed by atoms with Crippen LogP contribution < -0.4 is 10.5 Å². The number of aryl methyl sites for hydroxylation is 3. The van der Waals surface area contributed by atoms with E-state index >= 15 is 0 Å². The van der Waals surface area contributed by atoms with Gasteiger partial charge in [-0.2, -0.15) is 0 Å². The van der Waals surface area contributed by atoms with Gasteiger partial charge in [0.2, 0.25) is 0 Å². The van der Waals surface area contributed by atoms with Crippen molar-refractivity contribution in [1.29, 1.82) is 0 Å². The maximum atomic E-state index is 5.97. The van der Waals surface area contributed by atoms with E-state index in [-0.39, 0.29) is 5.54 Å². The molecule has 1 unspecified atom stereocenters. The highest BCUT2D eigenvalue weighted by Gasteiger charge is 2.26. The molecule has 0 aliphatic heterocycles. The molecule has 0 saturated heterocycles. The summed E-state index contributed by atoms with van der Waals surface area (Å²) < 4.78 is 5.97. The Morgan fingerprint density at radius 1 is 1.11 bits per heavy atom. The molecule has 0 bridgehead atoms. The third-order valence-corrected chi connectivity index (χ3v) is 3.85. The van der Waals surface area contributed by atoms with Crippen molar-refractivity contribution in [2.75, 3.05) is 27.2 Å². The lowest BCUT2D eigenvalue weighted by atomic mass is 10.0. The molecule has 0 fully saturated rings. The minimum Gasteiger partial charge on any atom is -0.491 e. The van der Waals surface area contributed by atoms with Gasteiger partial charge in [-0.15, -0.1) is 0 Å². The molecule has 0 aliphatic carbocycles. The molecule has 1 rings (SSSR count). The summed E-state index contributed by atoms with van der Waals surface area (Å²) in [7, 11) is 4.06. The fraction of sp³-hybridized carbons (Fsp3) is 0.600. The molecule has 1 atom stereocenters. The summed E-state index contributed by atoms with van der Waals surface area (Å²) in [4.78, 5) is 2.11. The summed E-state index contributed by atoms with van der Waals surface area (Å²) in [6.45, 7) is 9.59. The summed E-state index contributed by atoms with van der Waals surface area (Å²) in [5, 5.41) is 0. The molecule has 0 saturated carbocycles. The van der Waals surface area contributed by atoms with Crippen LogP contribution in [0, 0.1) is 20.8 Å². The lowest BCUT2D eigenvalue weighted by Gasteiger charge is -2.35. The molecule has 1 aromatic rings. The molecule has 2 N–H and O–H groups in total. The average molecular weight is 250 g/mol. The van der Waals surface area contributed by atoms with Crippen molar-refractivity contribution in [3.8, 4) is 5.75 Å². The minimum absolute atomic E-state index is 0.134. The van der Waals surface area contributed by atoms with Crippen LogP contribution in [-0.2, 0) is 0 Å². The first-order chi connectivity index (χ1) is 8.30. The van der Waals surface area contributed by atoms with E-state index in [9.17, 15) is 0 Å². The Hall–Kier alpha value is -1.06. The first kappa shape index (κ1) is 15.0. The number of nitrogens with two attached hydrogens (primary N) is 1. The summed E-state index contributed by atoms with van der Waals surface area (Å²) >= 11 is 0. The Kier molecular flexibility index (Phi) is 4.77. The quantitative estimate of drug-likeness (QED) is 0.871. The molecule has 0 radical (unpaired) electrons. The highest BCUT2D eigenvalue weighted by atomic mass is 16.5. The second-order valence-electron chi connectivity index (χ2n) is 5.59. The third-order valence-electron chi connectivity index (χ3n) is 3.85. The second-order valence-corrected chi connectivity index (χ2v) is 5.59. The van der Waals surface area contributed by atoms with Gasteiger partial charge >= 0.3 is 0 Å². The Balaban J connectivity index is 2.83. The van der Waals surface area contributed by atoms with Gasteiger partial charge in [-0.05, 0) is 64.5 Å². The number of ether oxygens (including phenoxy) is 1. The van der Waals surface area contributed by atoms with Crippen molar-refractivity contribution in [2.45, 2.75) is 33.2 Å². The molecule has 0 heterocycles. The lowest BCUT2D eigenvalue weighted by Crippen LogP contribution is -2.52. The molecular formula is C15H26N2O. The molecule has 0 amide bonds. The van der Waals surface area contributed by atoms with Gasteiger partial charge in [0.1, 0.15) is 12.4 Å². The van der Waals surface area contributed by atoms with Gasteiger partial charge in [0.05, 0.1) is 5.54 Å². The van der Waals surface area contributed by atoms with Crippen LogP contribution in [0.3, 0.4) is 0 Å². The van der Waals surface area contributed by atoms with E-state index in [0.29, 0.717) is 13.2 Å². The smallest absolute Gasteiger partial charge is 0.122 e. The fourth-order valence-electron chi connectivity index (χ4n) is 1.69. The summed E-state index contributed by atoms with van der Waals surface area (Å²) in [5.74, 6) is 0.958. The van der Waals surface area contributed by atoms with Crippen molar-refractivity contribution in [1.82, 2.24) is 4.90 Å². The first-order valence-electron chi connectivity index (χ1n) is 6.38. The van der Waals surface area contributed by atoms with Crippen LogP contribution in [0.2, 0.25) is 0 Å². The number of nitrogens with zero attached hydrogens (tertiary/aromatic N) is 1. The number of hydrogen-bond acceptors (Lipinski definition) is 3. The SMILES string of the molecule is Cc1cc(C)c(OCC(C)(CN)N(C)C)cc1C. The lowest BCUT2D eigenvalue weighted by molar-refractivity contribution is 0.104. The number of hydrogen-bond donors (Lipinski definition) is 1. The van der Waals surface area contributed by atoms with Crippen LogP contribution in [0.4, 0.5) is 0 Å². The van der Waals surface area contributed by atoms with E-state index < -0.39 is 0 Å². The summed E-state index contributed by atoms with van der Waals surface area (Å²) in [6, 6.07) is 4.28. The van der Waals surface area contributed by atoms with E-state index in [0.717, 1.165) is 5.75 Å². The maximum absolute atomic E-state index is 5.97. The van der Waals surface area contributed by atoms with Crippen LogP contribution in [0.1, 0.15) is 23.6 Å². The molecule has 3 heteroatoms. The average Bonchev–Trinajstić information content (AvgIpc) is 2.31. The molecule has 0 aromatic heterocycles. The van der Waals surface area contributed by atoms with E-state index in [1.54, 1.807) is 0 Å². The topological polar surface area (TPSA) is 38.5 Å². The van der Waals surface area contributed by atoms with Crippen molar-refractivity contribution in [3.05, 3.63) is 28.8 Å². The largest absolute Gasteiger partial charge is 0.491 e. The van der Waals surface area contributed by atoms with Gasteiger partial charge in [0.15, 0.2) is 0 Å². The Morgan fingerprint density at radius 2 is 1.67 bits per heavy atom. The molecular weight excluding hydrogens is 224 g/mol. The predicted molar refractivity (Wildman–Crippen MR) is 77.3 cm³/mol. The predicted octanol–water partition coefficient (Wildman–Crippen LogP) is 2.27. The van der Waals surface area contributed by atoms with E-state index in [4.69, 9.17) is 10.5 Å². The van der Waals surface area contributed by atoms with Crippen molar-refractivity contribution in [2.24, 2.45) is 5.73 Å². The zero-order valence-corrected chi connectivity index (χ0v) is 12.5. The molecule has 3 nitrogen and oxygen atoms in total. The molecule has 0 aliphatic rings. The van der Waals surface area contributed by atoms with E-state index in [1.807, 2.05) is 14.1 Å². The maximum Gasteiger partial charge on any atom is 0.122 e. The Morgan fingerprint density at radius 3 is 2.17 bits per heavy atom. The van der Waals surface area contributed by atoms with Crippen molar-refractivity contribution < 1.29 is 4.74 Å². The fourth-order valence-corrected chi connectivity index (χ4v) is 1.69. The molecule has 18 heavy (non-hydrogen) atoms. The molecule has 102 valence electrons. The first-order valence-corrected chi connectivity index (χ1v) is 6.38. The highest BCUT2D eigenvalue weighted by Crippen LogP contribution is 2.23. The second kappa shape index (κ2) is 5.72. The van der Waals surface area contributed by atoms with Gasteiger partial charge in [-0.25, -0.2) is 0 Å². The third kappa shape index (κ3) is 3.24. The van der Waals surface area contributed by atoms with Gasteiger partial charge in [-0.3, -0.25) is 4.90 Å². The van der Waals surface area contributed by atoms with Crippen LogP contribution in [0.25, 0.3) is 0 Å². The Bertz CT molecular complexity index is 415. The zero-order chi connectivity index (χ0) is 13.9. The Labute approximate surface area is 111 Å². The van der Waals surface area contributed by atoms with Gasteiger partial charge in [0.25, 0.3) is 0 Å². The van der Waals surface area contributed by atoms with Gasteiger partial charge in [0, 0.05) is 6.54 Å². The number of likely N-dealkylation sites (N-methyl/N-ethyl adjacent to an activating group) is 1. The summed E-state index contributed by atoms with van der Waals surface area (Å²) in [5.41, 5.74) is 9.45. The van der Waals surface area contributed by atoms with Crippen LogP contribution >= 0.6 is 0 Å². The van der Waals surface area contributed by atoms with Crippen molar-refractivity contribution >= 4 is 0 Å².